The number of aromatic nitrogens is 2. The van der Waals surface area contributed by atoms with Crippen LogP contribution in [0.5, 0.6) is 11.8 Å². The van der Waals surface area contributed by atoms with Crippen molar-refractivity contribution in [3.05, 3.63) is 6.07 Å². The number of ether oxygens (including phenoxy) is 2. The summed E-state index contributed by atoms with van der Waals surface area (Å²) in [7, 11) is 3.14. The topological polar surface area (TPSA) is 56.3 Å². The third-order valence-corrected chi connectivity index (χ3v) is 2.87. The van der Waals surface area contributed by atoms with Gasteiger partial charge in [0.25, 0.3) is 0 Å². The predicted molar refractivity (Wildman–Crippen MR) is 71.2 cm³/mol. The van der Waals surface area contributed by atoms with Gasteiger partial charge in [-0.15, -0.1) is 0 Å². The summed E-state index contributed by atoms with van der Waals surface area (Å²) in [6.07, 6.45) is 3.15. The summed E-state index contributed by atoms with van der Waals surface area (Å²) >= 11 is 1.83. The first-order valence-corrected chi connectivity index (χ1v) is 6.81. The molecule has 5 nitrogen and oxygen atoms in total. The first kappa shape index (κ1) is 13.9. The molecule has 0 aliphatic heterocycles. The van der Waals surface area contributed by atoms with Gasteiger partial charge in [0.05, 0.1) is 20.3 Å². The van der Waals surface area contributed by atoms with E-state index in [4.69, 9.17) is 9.47 Å². The Labute approximate surface area is 106 Å². The molecule has 1 aromatic heterocycles. The predicted octanol–water partition coefficient (Wildman–Crippen LogP) is 2.05. The van der Waals surface area contributed by atoms with Crippen LogP contribution in [0.3, 0.4) is 0 Å². The zero-order valence-corrected chi connectivity index (χ0v) is 11.5. The number of anilines is 1. The molecule has 1 rings (SSSR count). The van der Waals surface area contributed by atoms with Crippen LogP contribution in [0, 0.1) is 0 Å². The van der Waals surface area contributed by atoms with Gasteiger partial charge in [-0.3, -0.25) is 0 Å². The van der Waals surface area contributed by atoms with Crippen molar-refractivity contribution < 1.29 is 9.47 Å². The maximum Gasteiger partial charge on any atom is 0.229 e. The van der Waals surface area contributed by atoms with E-state index in [0.29, 0.717) is 23.8 Å². The van der Waals surface area contributed by atoms with E-state index in [9.17, 15) is 0 Å². The Morgan fingerprint density at radius 1 is 1.29 bits per heavy atom. The second-order valence-corrected chi connectivity index (χ2v) is 4.59. The Hall–Kier alpha value is -1.17. The summed E-state index contributed by atoms with van der Waals surface area (Å²) in [5, 5.41) is 3.23. The summed E-state index contributed by atoms with van der Waals surface area (Å²) in [4.78, 5) is 8.43. The van der Waals surface area contributed by atoms with Gasteiger partial charge in [0.15, 0.2) is 0 Å². The maximum absolute atomic E-state index is 5.08. The van der Waals surface area contributed by atoms with Crippen LogP contribution in [0.25, 0.3) is 0 Å². The van der Waals surface area contributed by atoms with Crippen LogP contribution in [-0.2, 0) is 0 Å². The van der Waals surface area contributed by atoms with Crippen LogP contribution >= 0.6 is 11.8 Å². The van der Waals surface area contributed by atoms with Crippen LogP contribution in [0.4, 0.5) is 5.95 Å². The number of nitrogens with zero attached hydrogens (tertiary/aromatic N) is 2. The minimum atomic E-state index is 0.319. The first-order chi connectivity index (χ1) is 8.19. The zero-order valence-electron chi connectivity index (χ0n) is 10.7. The molecule has 1 N–H and O–H groups in total. The van der Waals surface area contributed by atoms with Crippen LogP contribution in [0.15, 0.2) is 6.07 Å². The maximum atomic E-state index is 5.08. The van der Waals surface area contributed by atoms with E-state index in [-0.39, 0.29) is 0 Å². The fourth-order valence-electron chi connectivity index (χ4n) is 1.26. The van der Waals surface area contributed by atoms with Gasteiger partial charge in [0, 0.05) is 6.04 Å². The molecule has 0 aliphatic rings. The zero-order chi connectivity index (χ0) is 12.7. The summed E-state index contributed by atoms with van der Waals surface area (Å²) < 4.78 is 10.2. The third kappa shape index (κ3) is 4.68. The van der Waals surface area contributed by atoms with Crippen molar-refractivity contribution >= 4 is 17.7 Å². The van der Waals surface area contributed by atoms with Gasteiger partial charge in [-0.1, -0.05) is 0 Å². The van der Waals surface area contributed by atoms with Crippen LogP contribution < -0.4 is 14.8 Å². The fraction of sp³-hybridized carbons (Fsp3) is 0.636. The van der Waals surface area contributed by atoms with E-state index in [1.54, 1.807) is 20.3 Å². The minimum Gasteiger partial charge on any atom is -0.481 e. The molecule has 1 heterocycles. The number of rotatable bonds is 7. The Morgan fingerprint density at radius 2 is 1.88 bits per heavy atom. The van der Waals surface area contributed by atoms with E-state index in [2.05, 4.69) is 28.5 Å². The molecule has 0 aromatic carbocycles. The Bertz CT molecular complexity index is 327. The summed E-state index contributed by atoms with van der Waals surface area (Å²) in [5.41, 5.74) is 0. The number of hydrogen-bond acceptors (Lipinski definition) is 6. The molecule has 0 fully saturated rings. The smallest absolute Gasteiger partial charge is 0.229 e. The van der Waals surface area contributed by atoms with Crippen LogP contribution in [-0.4, -0.2) is 42.2 Å². The van der Waals surface area contributed by atoms with Crippen molar-refractivity contribution in [3.8, 4) is 11.8 Å². The summed E-state index contributed by atoms with van der Waals surface area (Å²) in [6.45, 7) is 2.10. The van der Waals surface area contributed by atoms with Crippen molar-refractivity contribution in [2.45, 2.75) is 19.4 Å². The highest BCUT2D eigenvalue weighted by Crippen LogP contribution is 2.18. The standard InChI is InChI=1S/C11H19N3O2S/c1-8(5-6-17-4)12-11-13-9(15-2)7-10(14-11)16-3/h7-8H,5-6H2,1-4H3,(H,12,13,14). The van der Waals surface area contributed by atoms with Crippen molar-refractivity contribution in [1.82, 2.24) is 9.97 Å². The second kappa shape index (κ2) is 7.21. The number of methoxy groups -OCH3 is 2. The van der Waals surface area contributed by atoms with Gasteiger partial charge in [-0.25, -0.2) is 0 Å². The molecule has 1 unspecified atom stereocenters. The highest BCUT2D eigenvalue weighted by molar-refractivity contribution is 7.98. The average Bonchev–Trinajstić information content (AvgIpc) is 2.35. The van der Waals surface area contributed by atoms with Gasteiger partial charge >= 0.3 is 0 Å². The molecular formula is C11H19N3O2S. The molecule has 0 spiro atoms. The lowest BCUT2D eigenvalue weighted by atomic mass is 10.3. The van der Waals surface area contributed by atoms with E-state index >= 15 is 0 Å². The van der Waals surface area contributed by atoms with E-state index in [1.807, 2.05) is 11.8 Å². The number of hydrogen-bond donors (Lipinski definition) is 1. The molecule has 0 saturated carbocycles. The molecule has 0 bridgehead atoms. The molecule has 1 atom stereocenters. The second-order valence-electron chi connectivity index (χ2n) is 3.60. The van der Waals surface area contributed by atoms with E-state index < -0.39 is 0 Å². The Morgan fingerprint density at radius 3 is 2.35 bits per heavy atom. The number of nitrogens with one attached hydrogen (secondary N) is 1. The molecule has 6 heteroatoms. The Balaban J connectivity index is 2.68. The van der Waals surface area contributed by atoms with E-state index in [0.717, 1.165) is 12.2 Å². The lowest BCUT2D eigenvalue weighted by molar-refractivity contribution is 0.372. The van der Waals surface area contributed by atoms with E-state index in [1.165, 1.54) is 0 Å². The van der Waals surface area contributed by atoms with Crippen LogP contribution in [0.1, 0.15) is 13.3 Å². The Kier molecular flexibility index (Phi) is 5.90. The van der Waals surface area contributed by atoms with Gasteiger partial charge in [-0.2, -0.15) is 21.7 Å². The SMILES string of the molecule is COc1cc(OC)nc(NC(C)CCSC)n1. The van der Waals surface area contributed by atoms with Gasteiger partial charge < -0.3 is 14.8 Å². The van der Waals surface area contributed by atoms with Gasteiger partial charge in [0.1, 0.15) is 0 Å². The normalized spacial score (nSPS) is 12.0. The monoisotopic (exact) mass is 257 g/mol. The molecule has 0 amide bonds. The fourth-order valence-corrected chi connectivity index (χ4v) is 1.85. The quantitative estimate of drug-likeness (QED) is 0.807. The average molecular weight is 257 g/mol. The molecule has 96 valence electrons. The van der Waals surface area contributed by atoms with Crippen molar-refractivity contribution in [2.75, 3.05) is 31.5 Å². The van der Waals surface area contributed by atoms with Gasteiger partial charge in [-0.05, 0) is 25.4 Å². The third-order valence-electron chi connectivity index (χ3n) is 2.23. The van der Waals surface area contributed by atoms with Crippen molar-refractivity contribution in [1.29, 1.82) is 0 Å². The molecule has 0 saturated heterocycles. The minimum absolute atomic E-state index is 0.319. The summed E-state index contributed by atoms with van der Waals surface area (Å²) in [5.74, 6) is 2.64. The molecule has 17 heavy (non-hydrogen) atoms. The molecule has 0 radical (unpaired) electrons. The van der Waals surface area contributed by atoms with Crippen molar-refractivity contribution in [2.24, 2.45) is 0 Å². The molecule has 0 aliphatic carbocycles. The van der Waals surface area contributed by atoms with Crippen LogP contribution in [0.2, 0.25) is 0 Å². The number of thioether (sulfide) groups is 1. The van der Waals surface area contributed by atoms with Gasteiger partial charge in [0.2, 0.25) is 17.7 Å². The molecule has 1 aromatic rings. The highest BCUT2D eigenvalue weighted by Gasteiger charge is 2.08. The lowest BCUT2D eigenvalue weighted by Gasteiger charge is -2.14. The highest BCUT2D eigenvalue weighted by atomic mass is 32.2. The lowest BCUT2D eigenvalue weighted by Crippen LogP contribution is -2.18. The first-order valence-electron chi connectivity index (χ1n) is 5.42. The largest absolute Gasteiger partial charge is 0.481 e. The van der Waals surface area contributed by atoms with Crippen molar-refractivity contribution in [3.63, 3.8) is 0 Å². The summed E-state index contributed by atoms with van der Waals surface area (Å²) in [6, 6.07) is 1.97. The molecular weight excluding hydrogens is 238 g/mol.